The summed E-state index contributed by atoms with van der Waals surface area (Å²) in [5, 5.41) is 15.5. The van der Waals surface area contributed by atoms with Crippen LogP contribution >= 0.6 is 0 Å². The predicted octanol–water partition coefficient (Wildman–Crippen LogP) is 5.37. The van der Waals surface area contributed by atoms with Crippen molar-refractivity contribution in [3.8, 4) is 17.2 Å². The van der Waals surface area contributed by atoms with E-state index >= 15 is 4.39 Å². The quantitative estimate of drug-likeness (QED) is 0.420. The third-order valence-corrected chi connectivity index (χ3v) is 6.70. The zero-order valence-corrected chi connectivity index (χ0v) is 23.0. The van der Waals surface area contributed by atoms with Gasteiger partial charge in [0.1, 0.15) is 11.4 Å². The maximum atomic E-state index is 15.9. The van der Waals surface area contributed by atoms with Crippen LogP contribution in [0.3, 0.4) is 0 Å². The number of nitrogens with zero attached hydrogens (tertiary/aromatic N) is 4. The molecule has 1 aromatic carbocycles. The molecule has 0 spiro atoms. The summed E-state index contributed by atoms with van der Waals surface area (Å²) in [6.45, 7) is 7.71. The van der Waals surface area contributed by atoms with Crippen molar-refractivity contribution in [2.24, 2.45) is 17.8 Å². The number of benzene rings is 1. The second-order valence-electron chi connectivity index (χ2n) is 11.2. The van der Waals surface area contributed by atoms with E-state index in [4.69, 9.17) is 10.00 Å². The van der Waals surface area contributed by atoms with E-state index in [1.165, 1.54) is 6.20 Å². The van der Waals surface area contributed by atoms with Gasteiger partial charge in [0.25, 0.3) is 0 Å². The van der Waals surface area contributed by atoms with E-state index < -0.39 is 17.5 Å². The molecule has 1 aliphatic rings. The minimum Gasteiger partial charge on any atom is -0.444 e. The molecule has 1 aliphatic carbocycles. The largest absolute Gasteiger partial charge is 0.444 e. The summed E-state index contributed by atoms with van der Waals surface area (Å²) in [6.07, 6.45) is 4.11. The van der Waals surface area contributed by atoms with E-state index in [0.717, 1.165) is 5.56 Å². The molecule has 2 amide bonds. The Kier molecular flexibility index (Phi) is 7.84. The molecular formula is C29H33FN6O3. The van der Waals surface area contributed by atoms with Crippen LogP contribution in [0.2, 0.25) is 0 Å². The zero-order valence-electron chi connectivity index (χ0n) is 23.0. The normalized spacial score (nSPS) is 18.5. The van der Waals surface area contributed by atoms with Crippen LogP contribution in [-0.2, 0) is 9.53 Å². The van der Waals surface area contributed by atoms with Crippen molar-refractivity contribution in [3.63, 3.8) is 0 Å². The highest BCUT2D eigenvalue weighted by molar-refractivity contribution is 6.04. The molecule has 3 aromatic rings. The number of nitrogens with one attached hydrogen (secondary N) is 2. The first-order valence-corrected chi connectivity index (χ1v) is 12.8. The Balaban J connectivity index is 1.72. The minimum absolute atomic E-state index is 0.00302. The number of pyridine rings is 2. The van der Waals surface area contributed by atoms with E-state index in [1.807, 2.05) is 25.9 Å². The second kappa shape index (κ2) is 10.9. The van der Waals surface area contributed by atoms with E-state index in [2.05, 4.69) is 26.7 Å². The van der Waals surface area contributed by atoms with Gasteiger partial charge in [0.05, 0.1) is 11.8 Å². The molecule has 0 saturated heterocycles. The van der Waals surface area contributed by atoms with E-state index in [1.54, 1.807) is 51.4 Å². The van der Waals surface area contributed by atoms with E-state index in [9.17, 15) is 9.59 Å². The molecule has 2 aromatic heterocycles. The van der Waals surface area contributed by atoms with Crippen molar-refractivity contribution in [1.82, 2.24) is 14.9 Å². The number of anilines is 2. The molecule has 1 fully saturated rings. The SMILES string of the molecule is Cc1ccncc1-c1cc2cc(NC(=O)[C@@H]3[C@@H](CC#N)[C@@H]3CN(C)C)ncc2c(NC(=O)OC(C)(C)C)c1F. The van der Waals surface area contributed by atoms with Crippen LogP contribution in [-0.4, -0.2) is 53.1 Å². The number of ether oxygens (including phenoxy) is 1. The van der Waals surface area contributed by atoms with Gasteiger partial charge in [-0.25, -0.2) is 14.2 Å². The van der Waals surface area contributed by atoms with Crippen molar-refractivity contribution >= 4 is 34.3 Å². The highest BCUT2D eigenvalue weighted by Gasteiger charge is 2.54. The molecule has 2 N–H and O–H groups in total. The van der Waals surface area contributed by atoms with Crippen molar-refractivity contribution < 1.29 is 18.7 Å². The molecule has 0 aliphatic heterocycles. The molecule has 39 heavy (non-hydrogen) atoms. The fourth-order valence-corrected chi connectivity index (χ4v) is 4.91. The fourth-order valence-electron chi connectivity index (χ4n) is 4.91. The molecule has 1 saturated carbocycles. The predicted molar refractivity (Wildman–Crippen MR) is 147 cm³/mol. The second-order valence-corrected chi connectivity index (χ2v) is 11.2. The Morgan fingerprint density at radius 2 is 1.90 bits per heavy atom. The van der Waals surface area contributed by atoms with Gasteiger partial charge in [0.2, 0.25) is 5.91 Å². The van der Waals surface area contributed by atoms with Crippen molar-refractivity contribution in [2.45, 2.75) is 39.7 Å². The number of nitriles is 1. The monoisotopic (exact) mass is 532 g/mol. The summed E-state index contributed by atoms with van der Waals surface area (Å²) >= 11 is 0. The smallest absolute Gasteiger partial charge is 0.412 e. The first-order valence-electron chi connectivity index (χ1n) is 12.8. The summed E-state index contributed by atoms with van der Waals surface area (Å²) in [5.41, 5.74) is 0.756. The summed E-state index contributed by atoms with van der Waals surface area (Å²) in [7, 11) is 3.87. The van der Waals surface area contributed by atoms with Crippen molar-refractivity contribution in [1.29, 1.82) is 5.26 Å². The zero-order chi connectivity index (χ0) is 28.5. The number of rotatable bonds is 7. The van der Waals surface area contributed by atoms with E-state index in [-0.39, 0.29) is 34.9 Å². The third kappa shape index (κ3) is 6.32. The van der Waals surface area contributed by atoms with Crippen molar-refractivity contribution in [2.75, 3.05) is 31.3 Å². The number of carbonyl (C=O) groups is 2. The van der Waals surface area contributed by atoms with Gasteiger partial charge in [-0.3, -0.25) is 15.1 Å². The number of halogens is 1. The lowest BCUT2D eigenvalue weighted by Crippen LogP contribution is -2.27. The lowest BCUT2D eigenvalue weighted by Gasteiger charge is -2.21. The lowest BCUT2D eigenvalue weighted by molar-refractivity contribution is -0.117. The van der Waals surface area contributed by atoms with Gasteiger partial charge < -0.3 is 15.0 Å². The van der Waals surface area contributed by atoms with Gasteiger partial charge in [0.15, 0.2) is 5.82 Å². The summed E-state index contributed by atoms with van der Waals surface area (Å²) in [5.74, 6) is -0.743. The van der Waals surface area contributed by atoms with Crippen LogP contribution in [0.1, 0.15) is 32.8 Å². The molecule has 0 unspecified atom stereocenters. The molecule has 0 radical (unpaired) electrons. The Morgan fingerprint density at radius 1 is 1.15 bits per heavy atom. The van der Waals surface area contributed by atoms with Crippen LogP contribution in [0.15, 0.2) is 36.8 Å². The molecule has 2 heterocycles. The average molecular weight is 533 g/mol. The number of aryl methyl sites for hydroxylation is 1. The molecule has 3 atom stereocenters. The van der Waals surface area contributed by atoms with Crippen molar-refractivity contribution in [3.05, 3.63) is 48.2 Å². The maximum absolute atomic E-state index is 15.9. The standard InChI is InChI=1S/C29H33FN6O3/c1-16-8-10-32-13-20(16)19-11-17-12-23(34-27(37)24-18(7-9-31)22(24)15-36(5)6)33-14-21(17)26(25(19)30)35-28(38)39-29(2,3)4/h8,10-14,18,22,24H,7,15H2,1-6H3,(H,35,38)(H,33,34,37)/t18-,22-,24+/m0/s1. The number of hydrogen-bond acceptors (Lipinski definition) is 7. The highest BCUT2D eigenvalue weighted by atomic mass is 19.1. The summed E-state index contributed by atoms with van der Waals surface area (Å²) in [6, 6.07) is 7.24. The Hall–Kier alpha value is -4.10. The van der Waals surface area contributed by atoms with Gasteiger partial charge in [-0.05, 0) is 82.8 Å². The van der Waals surface area contributed by atoms with Crippen LogP contribution in [0.5, 0.6) is 0 Å². The average Bonchev–Trinajstić information content (AvgIpc) is 3.51. The van der Waals surface area contributed by atoms with Gasteiger partial charge >= 0.3 is 6.09 Å². The molecule has 4 rings (SSSR count). The first-order chi connectivity index (χ1) is 18.4. The third-order valence-electron chi connectivity index (χ3n) is 6.70. The molecular weight excluding hydrogens is 499 g/mol. The van der Waals surface area contributed by atoms with Crippen LogP contribution in [0.25, 0.3) is 21.9 Å². The molecule has 204 valence electrons. The van der Waals surface area contributed by atoms with Gasteiger partial charge in [-0.1, -0.05) is 0 Å². The molecule has 9 nitrogen and oxygen atoms in total. The summed E-state index contributed by atoms with van der Waals surface area (Å²) < 4.78 is 21.3. The van der Waals surface area contributed by atoms with Gasteiger partial charge in [-0.2, -0.15) is 5.26 Å². The van der Waals surface area contributed by atoms with Gasteiger partial charge in [-0.15, -0.1) is 0 Å². The number of fused-ring (bicyclic) bond motifs is 1. The highest BCUT2D eigenvalue weighted by Crippen LogP contribution is 2.49. The lowest BCUT2D eigenvalue weighted by atomic mass is 9.98. The number of hydrogen-bond donors (Lipinski definition) is 2. The first kappa shape index (κ1) is 27.9. The number of amides is 2. The number of carbonyl (C=O) groups excluding carboxylic acids is 2. The van der Waals surface area contributed by atoms with E-state index in [0.29, 0.717) is 35.1 Å². The number of aromatic nitrogens is 2. The van der Waals surface area contributed by atoms with Crippen LogP contribution in [0, 0.1) is 41.8 Å². The Labute approximate surface area is 227 Å². The summed E-state index contributed by atoms with van der Waals surface area (Å²) in [4.78, 5) is 36.2. The Bertz CT molecular complexity index is 1460. The van der Waals surface area contributed by atoms with Crippen LogP contribution < -0.4 is 10.6 Å². The topological polar surface area (TPSA) is 120 Å². The maximum Gasteiger partial charge on any atom is 0.412 e. The van der Waals surface area contributed by atoms with Crippen LogP contribution in [0.4, 0.5) is 20.7 Å². The molecule has 10 heteroatoms. The fraction of sp³-hybridized carbons (Fsp3) is 0.414. The Morgan fingerprint density at radius 3 is 2.54 bits per heavy atom. The van der Waals surface area contributed by atoms with Gasteiger partial charge in [0, 0.05) is 54.0 Å². The molecule has 0 bridgehead atoms. The minimum atomic E-state index is -0.802.